The first kappa shape index (κ1) is 13.2. The molecule has 20 heavy (non-hydrogen) atoms. The van der Waals surface area contributed by atoms with Gasteiger partial charge in [0.05, 0.1) is 17.6 Å². The third kappa shape index (κ3) is 1.90. The molecule has 1 fully saturated rings. The number of carbonyl (C=O) groups is 1. The monoisotopic (exact) mass is 272 g/mol. The van der Waals surface area contributed by atoms with E-state index in [1.807, 2.05) is 25.1 Å². The first-order valence-corrected chi connectivity index (χ1v) is 7.36. The van der Waals surface area contributed by atoms with Crippen molar-refractivity contribution in [2.75, 3.05) is 6.61 Å². The van der Waals surface area contributed by atoms with E-state index < -0.39 is 5.41 Å². The van der Waals surface area contributed by atoms with E-state index in [4.69, 9.17) is 9.72 Å². The fraction of sp³-hybridized carbons (Fsp3) is 0.500. The third-order valence-electron chi connectivity index (χ3n) is 3.95. The topological polar surface area (TPSA) is 44.1 Å². The van der Waals surface area contributed by atoms with Gasteiger partial charge in [0, 0.05) is 6.54 Å². The molecule has 0 bridgehead atoms. The maximum atomic E-state index is 12.3. The number of nitrogens with zero attached hydrogens (tertiary/aromatic N) is 2. The summed E-state index contributed by atoms with van der Waals surface area (Å²) in [4.78, 5) is 17.0. The Morgan fingerprint density at radius 1 is 1.35 bits per heavy atom. The number of hydrogen-bond acceptors (Lipinski definition) is 3. The second-order valence-corrected chi connectivity index (χ2v) is 5.38. The van der Waals surface area contributed by atoms with Crippen LogP contribution in [0.15, 0.2) is 24.3 Å². The van der Waals surface area contributed by atoms with E-state index in [1.54, 1.807) is 0 Å². The fourth-order valence-corrected chi connectivity index (χ4v) is 2.80. The Kier molecular flexibility index (Phi) is 3.24. The molecule has 1 aliphatic rings. The molecule has 3 rings (SSSR count). The van der Waals surface area contributed by atoms with Crippen molar-refractivity contribution >= 4 is 17.0 Å². The minimum absolute atomic E-state index is 0.118. The highest BCUT2D eigenvalue weighted by atomic mass is 16.5. The molecule has 0 aliphatic heterocycles. The van der Waals surface area contributed by atoms with E-state index in [-0.39, 0.29) is 5.97 Å². The summed E-state index contributed by atoms with van der Waals surface area (Å²) in [7, 11) is 0. The maximum Gasteiger partial charge on any atom is 0.319 e. The molecule has 0 radical (unpaired) electrons. The van der Waals surface area contributed by atoms with Gasteiger partial charge in [0.1, 0.15) is 11.2 Å². The third-order valence-corrected chi connectivity index (χ3v) is 3.95. The smallest absolute Gasteiger partial charge is 0.319 e. The highest BCUT2D eigenvalue weighted by molar-refractivity contribution is 5.87. The molecule has 2 aromatic rings. The number of hydrogen-bond donors (Lipinski definition) is 0. The van der Waals surface area contributed by atoms with Crippen molar-refractivity contribution in [1.29, 1.82) is 0 Å². The summed E-state index contributed by atoms with van der Waals surface area (Å²) in [5, 5.41) is 0. The van der Waals surface area contributed by atoms with Crippen molar-refractivity contribution in [3.8, 4) is 0 Å². The van der Waals surface area contributed by atoms with Crippen molar-refractivity contribution in [2.24, 2.45) is 0 Å². The van der Waals surface area contributed by atoms with Crippen LogP contribution in [0.1, 0.15) is 38.9 Å². The molecule has 0 unspecified atom stereocenters. The molecular weight excluding hydrogens is 252 g/mol. The molecule has 1 aromatic heterocycles. The van der Waals surface area contributed by atoms with Crippen LogP contribution in [-0.4, -0.2) is 22.1 Å². The number of ether oxygens (including phenoxy) is 1. The first-order chi connectivity index (χ1) is 9.73. The van der Waals surface area contributed by atoms with Crippen molar-refractivity contribution in [2.45, 2.75) is 45.1 Å². The number of para-hydroxylation sites is 2. The SMILES string of the molecule is CCCn1c(C2(C(=O)OCC)CC2)nc2ccccc21. The normalized spacial score (nSPS) is 16.3. The molecule has 4 heteroatoms. The number of aryl methyl sites for hydroxylation is 1. The summed E-state index contributed by atoms with van der Waals surface area (Å²) in [6.45, 7) is 5.30. The van der Waals surface area contributed by atoms with Gasteiger partial charge >= 0.3 is 5.97 Å². The molecule has 1 heterocycles. The van der Waals surface area contributed by atoms with Gasteiger partial charge < -0.3 is 9.30 Å². The number of esters is 1. The van der Waals surface area contributed by atoms with E-state index in [1.165, 1.54) is 0 Å². The van der Waals surface area contributed by atoms with Crippen LogP contribution in [0.5, 0.6) is 0 Å². The zero-order chi connectivity index (χ0) is 14.2. The van der Waals surface area contributed by atoms with Crippen molar-refractivity contribution in [1.82, 2.24) is 9.55 Å². The van der Waals surface area contributed by atoms with Gasteiger partial charge in [-0.2, -0.15) is 0 Å². The fourth-order valence-electron chi connectivity index (χ4n) is 2.80. The highest BCUT2D eigenvalue weighted by Gasteiger charge is 2.56. The van der Waals surface area contributed by atoms with Crippen LogP contribution < -0.4 is 0 Å². The van der Waals surface area contributed by atoms with Crippen LogP contribution in [0.2, 0.25) is 0 Å². The second-order valence-electron chi connectivity index (χ2n) is 5.38. The largest absolute Gasteiger partial charge is 0.465 e. The number of aromatic nitrogens is 2. The van der Waals surface area contributed by atoms with E-state index in [9.17, 15) is 4.79 Å². The van der Waals surface area contributed by atoms with Gasteiger partial charge in [-0.05, 0) is 38.3 Å². The molecule has 0 saturated heterocycles. The van der Waals surface area contributed by atoms with Gasteiger partial charge in [-0.25, -0.2) is 4.98 Å². The molecule has 106 valence electrons. The number of imidazole rings is 1. The van der Waals surface area contributed by atoms with Crippen molar-refractivity contribution < 1.29 is 9.53 Å². The van der Waals surface area contributed by atoms with Crippen LogP contribution in [-0.2, 0) is 21.5 Å². The Labute approximate surface area is 118 Å². The average Bonchev–Trinajstić information content (AvgIpc) is 3.18. The molecule has 0 N–H and O–H groups in total. The molecule has 4 nitrogen and oxygen atoms in total. The second kappa shape index (κ2) is 4.93. The van der Waals surface area contributed by atoms with Gasteiger partial charge in [0.25, 0.3) is 0 Å². The van der Waals surface area contributed by atoms with E-state index in [0.717, 1.165) is 42.7 Å². The Bertz CT molecular complexity index is 641. The van der Waals surface area contributed by atoms with Crippen molar-refractivity contribution in [3.63, 3.8) is 0 Å². The highest BCUT2D eigenvalue weighted by Crippen LogP contribution is 2.49. The summed E-state index contributed by atoms with van der Waals surface area (Å²) in [5.74, 6) is 0.770. The predicted molar refractivity (Wildman–Crippen MR) is 77.6 cm³/mol. The lowest BCUT2D eigenvalue weighted by molar-refractivity contribution is -0.146. The first-order valence-electron chi connectivity index (χ1n) is 7.36. The molecule has 0 spiro atoms. The number of rotatable bonds is 5. The Hall–Kier alpha value is -1.84. The molecule has 1 saturated carbocycles. The summed E-state index contributed by atoms with van der Waals surface area (Å²) in [6, 6.07) is 8.08. The summed E-state index contributed by atoms with van der Waals surface area (Å²) < 4.78 is 7.45. The van der Waals surface area contributed by atoms with Crippen LogP contribution in [0.3, 0.4) is 0 Å². The predicted octanol–water partition coefficient (Wildman–Crippen LogP) is 3.04. The lowest BCUT2D eigenvalue weighted by atomic mass is 10.1. The molecule has 0 atom stereocenters. The summed E-state index contributed by atoms with van der Waals surface area (Å²) in [5.41, 5.74) is 1.58. The van der Waals surface area contributed by atoms with Crippen molar-refractivity contribution in [3.05, 3.63) is 30.1 Å². The van der Waals surface area contributed by atoms with Gasteiger partial charge in [0.2, 0.25) is 0 Å². The average molecular weight is 272 g/mol. The summed E-state index contributed by atoms with van der Waals surface area (Å²) in [6.07, 6.45) is 2.71. The Balaban J connectivity index is 2.11. The quantitative estimate of drug-likeness (QED) is 0.786. The minimum Gasteiger partial charge on any atom is -0.465 e. The zero-order valence-corrected chi connectivity index (χ0v) is 12.1. The van der Waals surface area contributed by atoms with E-state index >= 15 is 0 Å². The van der Waals surface area contributed by atoms with Crippen LogP contribution >= 0.6 is 0 Å². The van der Waals surface area contributed by atoms with Crippen LogP contribution in [0.4, 0.5) is 0 Å². The van der Waals surface area contributed by atoms with Crippen LogP contribution in [0, 0.1) is 0 Å². The molecular formula is C16H20N2O2. The maximum absolute atomic E-state index is 12.3. The van der Waals surface area contributed by atoms with Gasteiger partial charge in [-0.15, -0.1) is 0 Å². The zero-order valence-electron chi connectivity index (χ0n) is 12.1. The number of benzene rings is 1. The molecule has 1 aromatic carbocycles. The standard InChI is InChI=1S/C16H20N2O2/c1-3-11-18-13-8-6-5-7-12(13)17-14(18)16(9-10-16)15(19)20-4-2/h5-8H,3-4,9-11H2,1-2H3. The lowest BCUT2D eigenvalue weighted by Crippen LogP contribution is -2.27. The lowest BCUT2D eigenvalue weighted by Gasteiger charge is -2.15. The summed E-state index contributed by atoms with van der Waals surface area (Å²) >= 11 is 0. The van der Waals surface area contributed by atoms with Gasteiger partial charge in [-0.1, -0.05) is 19.1 Å². The molecule has 0 amide bonds. The van der Waals surface area contributed by atoms with Crippen LogP contribution in [0.25, 0.3) is 11.0 Å². The Morgan fingerprint density at radius 2 is 2.10 bits per heavy atom. The molecule has 1 aliphatic carbocycles. The van der Waals surface area contributed by atoms with Gasteiger partial charge in [-0.3, -0.25) is 4.79 Å². The number of fused-ring (bicyclic) bond motifs is 1. The number of carbonyl (C=O) groups excluding carboxylic acids is 1. The van der Waals surface area contributed by atoms with E-state index in [0.29, 0.717) is 6.61 Å². The van der Waals surface area contributed by atoms with Gasteiger partial charge in [0.15, 0.2) is 0 Å². The Morgan fingerprint density at radius 3 is 2.75 bits per heavy atom. The minimum atomic E-state index is -0.496. The van der Waals surface area contributed by atoms with E-state index in [2.05, 4.69) is 17.6 Å².